The van der Waals surface area contributed by atoms with Crippen LogP contribution in [0.15, 0.2) is 0 Å². The van der Waals surface area contributed by atoms with Gasteiger partial charge in [0, 0.05) is 12.0 Å². The van der Waals surface area contributed by atoms with Crippen molar-refractivity contribution < 1.29 is 14.7 Å². The van der Waals surface area contributed by atoms with Gasteiger partial charge in [-0.25, -0.2) is 0 Å². The van der Waals surface area contributed by atoms with E-state index >= 15 is 0 Å². The molecule has 0 aromatic carbocycles. The van der Waals surface area contributed by atoms with Gasteiger partial charge in [0.15, 0.2) is 0 Å². The lowest BCUT2D eigenvalue weighted by Crippen LogP contribution is -2.41. The number of carbonyl (C=O) groups is 2. The van der Waals surface area contributed by atoms with Crippen LogP contribution in [-0.2, 0) is 9.59 Å². The Balaban J connectivity index is 2.31. The van der Waals surface area contributed by atoms with Crippen molar-refractivity contribution >= 4 is 11.9 Å². The summed E-state index contributed by atoms with van der Waals surface area (Å²) in [6.45, 7) is 4.14. The minimum absolute atomic E-state index is 0.0924. The Morgan fingerprint density at radius 3 is 2.41 bits per heavy atom. The molecule has 0 heterocycles. The molecule has 1 aliphatic rings. The highest BCUT2D eigenvalue weighted by molar-refractivity contribution is 5.82. The Hall–Kier alpha value is -1.06. The molecule has 0 bridgehead atoms. The topological polar surface area (TPSA) is 66.4 Å². The van der Waals surface area contributed by atoms with E-state index in [1.54, 1.807) is 6.92 Å². The molecular formula is C13H23NO3. The van der Waals surface area contributed by atoms with Crippen molar-refractivity contribution in [2.75, 3.05) is 6.54 Å². The largest absolute Gasteiger partial charge is 0.481 e. The van der Waals surface area contributed by atoms with Crippen molar-refractivity contribution in [1.29, 1.82) is 0 Å². The fraction of sp³-hybridized carbons (Fsp3) is 0.846. The monoisotopic (exact) mass is 241 g/mol. The summed E-state index contributed by atoms with van der Waals surface area (Å²) in [7, 11) is 0. The van der Waals surface area contributed by atoms with Crippen molar-refractivity contribution in [3.63, 3.8) is 0 Å². The van der Waals surface area contributed by atoms with Crippen molar-refractivity contribution in [2.45, 2.75) is 52.4 Å². The molecule has 1 amide bonds. The average molecular weight is 241 g/mol. The molecule has 1 rings (SSSR count). The van der Waals surface area contributed by atoms with E-state index in [2.05, 4.69) is 5.32 Å². The molecule has 0 saturated heterocycles. The predicted octanol–water partition coefficient (Wildman–Crippen LogP) is 2.18. The third-order valence-electron chi connectivity index (χ3n) is 3.79. The van der Waals surface area contributed by atoms with E-state index in [0.29, 0.717) is 13.0 Å². The van der Waals surface area contributed by atoms with Gasteiger partial charge in [0.25, 0.3) is 0 Å². The summed E-state index contributed by atoms with van der Waals surface area (Å²) in [6.07, 6.45) is 5.86. The molecule has 1 unspecified atom stereocenters. The third kappa shape index (κ3) is 4.02. The summed E-state index contributed by atoms with van der Waals surface area (Å²) in [4.78, 5) is 22.6. The summed E-state index contributed by atoms with van der Waals surface area (Å²) in [5.41, 5.74) is -0.231. The Morgan fingerprint density at radius 2 is 1.88 bits per heavy atom. The maximum atomic E-state index is 12.0. The predicted molar refractivity (Wildman–Crippen MR) is 65.6 cm³/mol. The van der Waals surface area contributed by atoms with Crippen LogP contribution < -0.4 is 5.32 Å². The summed E-state index contributed by atoms with van der Waals surface area (Å²) in [5, 5.41) is 11.6. The zero-order valence-corrected chi connectivity index (χ0v) is 10.8. The van der Waals surface area contributed by atoms with Gasteiger partial charge in [0.1, 0.15) is 0 Å². The van der Waals surface area contributed by atoms with Gasteiger partial charge in [-0.3, -0.25) is 9.59 Å². The first-order valence-corrected chi connectivity index (χ1v) is 6.47. The van der Waals surface area contributed by atoms with Crippen LogP contribution in [0, 0.1) is 11.3 Å². The number of hydrogen-bond donors (Lipinski definition) is 2. The van der Waals surface area contributed by atoms with Crippen molar-refractivity contribution in [2.24, 2.45) is 11.3 Å². The molecule has 1 aliphatic carbocycles. The lowest BCUT2D eigenvalue weighted by Gasteiger charge is -2.32. The van der Waals surface area contributed by atoms with Gasteiger partial charge in [-0.1, -0.05) is 33.1 Å². The number of carboxylic acids is 1. The molecule has 98 valence electrons. The van der Waals surface area contributed by atoms with Gasteiger partial charge in [0.05, 0.1) is 5.92 Å². The number of amides is 1. The van der Waals surface area contributed by atoms with E-state index in [-0.39, 0.29) is 11.3 Å². The Bertz CT molecular complexity index is 282. The summed E-state index contributed by atoms with van der Waals surface area (Å²) in [5.74, 6) is -1.10. The van der Waals surface area contributed by atoms with Crippen LogP contribution in [0.4, 0.5) is 0 Å². The van der Waals surface area contributed by atoms with Crippen LogP contribution in [0.5, 0.6) is 0 Å². The van der Waals surface area contributed by atoms with Crippen LogP contribution in [0.25, 0.3) is 0 Å². The highest BCUT2D eigenvalue weighted by Gasteiger charge is 2.34. The van der Waals surface area contributed by atoms with E-state index in [0.717, 1.165) is 25.7 Å². The van der Waals surface area contributed by atoms with Gasteiger partial charge in [0.2, 0.25) is 5.91 Å². The average Bonchev–Trinajstić information content (AvgIpc) is 2.29. The molecule has 0 radical (unpaired) electrons. The SMILES string of the molecule is CC(CCNC(=O)C1(C)CCCCC1)C(=O)O. The zero-order valence-electron chi connectivity index (χ0n) is 10.8. The summed E-state index contributed by atoms with van der Waals surface area (Å²) >= 11 is 0. The van der Waals surface area contributed by atoms with E-state index in [1.807, 2.05) is 6.92 Å². The van der Waals surface area contributed by atoms with Crippen LogP contribution in [0.3, 0.4) is 0 Å². The normalized spacial score (nSPS) is 20.6. The first-order valence-electron chi connectivity index (χ1n) is 6.47. The maximum absolute atomic E-state index is 12.0. The van der Waals surface area contributed by atoms with Gasteiger partial charge < -0.3 is 10.4 Å². The van der Waals surface area contributed by atoms with Gasteiger partial charge in [-0.2, -0.15) is 0 Å². The molecule has 0 spiro atoms. The Morgan fingerprint density at radius 1 is 1.29 bits per heavy atom. The van der Waals surface area contributed by atoms with Crippen LogP contribution >= 0.6 is 0 Å². The minimum atomic E-state index is -0.803. The quantitative estimate of drug-likeness (QED) is 0.775. The van der Waals surface area contributed by atoms with E-state index < -0.39 is 11.9 Å². The smallest absolute Gasteiger partial charge is 0.306 e. The van der Waals surface area contributed by atoms with Crippen LogP contribution in [0.1, 0.15) is 52.4 Å². The van der Waals surface area contributed by atoms with Crippen LogP contribution in [-0.4, -0.2) is 23.5 Å². The van der Waals surface area contributed by atoms with Crippen molar-refractivity contribution in [3.8, 4) is 0 Å². The minimum Gasteiger partial charge on any atom is -0.481 e. The van der Waals surface area contributed by atoms with Gasteiger partial charge >= 0.3 is 5.97 Å². The fourth-order valence-electron chi connectivity index (χ4n) is 2.30. The van der Waals surface area contributed by atoms with E-state index in [9.17, 15) is 9.59 Å². The molecule has 0 aromatic heterocycles. The number of aliphatic carboxylic acids is 1. The van der Waals surface area contributed by atoms with E-state index in [4.69, 9.17) is 5.11 Å². The first kappa shape index (κ1) is 14.0. The molecule has 1 fully saturated rings. The van der Waals surface area contributed by atoms with Crippen molar-refractivity contribution in [3.05, 3.63) is 0 Å². The van der Waals surface area contributed by atoms with E-state index in [1.165, 1.54) is 6.42 Å². The Labute approximate surface area is 103 Å². The maximum Gasteiger partial charge on any atom is 0.306 e. The number of carbonyl (C=O) groups excluding carboxylic acids is 1. The molecule has 2 N–H and O–H groups in total. The highest BCUT2D eigenvalue weighted by Crippen LogP contribution is 2.35. The molecule has 4 nitrogen and oxygen atoms in total. The number of carboxylic acid groups (broad SMARTS) is 1. The summed E-state index contributed by atoms with van der Waals surface area (Å²) in [6, 6.07) is 0. The van der Waals surface area contributed by atoms with Gasteiger partial charge in [-0.05, 0) is 19.3 Å². The standard InChI is InChI=1S/C13H23NO3/c1-10(11(15)16)6-9-14-12(17)13(2)7-4-3-5-8-13/h10H,3-9H2,1-2H3,(H,14,17)(H,15,16). The fourth-order valence-corrected chi connectivity index (χ4v) is 2.30. The van der Waals surface area contributed by atoms with Crippen molar-refractivity contribution in [1.82, 2.24) is 5.32 Å². The molecule has 0 aromatic rings. The lowest BCUT2D eigenvalue weighted by atomic mass is 9.75. The number of nitrogens with one attached hydrogen (secondary N) is 1. The Kier molecular flexibility index (Phi) is 4.97. The highest BCUT2D eigenvalue weighted by atomic mass is 16.4. The second kappa shape index (κ2) is 6.03. The first-order chi connectivity index (χ1) is 7.96. The molecule has 1 saturated carbocycles. The molecule has 1 atom stereocenters. The molecule has 17 heavy (non-hydrogen) atoms. The molecular weight excluding hydrogens is 218 g/mol. The third-order valence-corrected chi connectivity index (χ3v) is 3.79. The second-order valence-corrected chi connectivity index (χ2v) is 5.41. The molecule has 0 aliphatic heterocycles. The molecule has 4 heteroatoms. The van der Waals surface area contributed by atoms with Crippen LogP contribution in [0.2, 0.25) is 0 Å². The number of hydrogen-bond acceptors (Lipinski definition) is 2. The second-order valence-electron chi connectivity index (χ2n) is 5.41. The lowest BCUT2D eigenvalue weighted by molar-refractivity contribution is -0.141. The zero-order chi connectivity index (χ0) is 12.9. The van der Waals surface area contributed by atoms with Gasteiger partial charge in [-0.15, -0.1) is 0 Å². The number of rotatable bonds is 5. The summed E-state index contributed by atoms with van der Waals surface area (Å²) < 4.78 is 0.